The average Bonchev–Trinajstić information content (AvgIpc) is 2.34. The number of amides is 1. The van der Waals surface area contributed by atoms with Crippen molar-refractivity contribution >= 4 is 17.2 Å². The van der Waals surface area contributed by atoms with Crippen LogP contribution >= 0.6 is 0 Å². The van der Waals surface area contributed by atoms with Gasteiger partial charge in [0.15, 0.2) is 0 Å². The van der Waals surface area contributed by atoms with Gasteiger partial charge in [-0.25, -0.2) is 0 Å². The van der Waals surface area contributed by atoms with Gasteiger partial charge in [0.25, 0.3) is 0 Å². The summed E-state index contributed by atoms with van der Waals surface area (Å²) in [5.74, 6) is -0.0350. The number of benzene rings is 1. The minimum Gasteiger partial charge on any atom is -0.377 e. The van der Waals surface area contributed by atoms with Crippen molar-refractivity contribution in [3.05, 3.63) is 34.9 Å². The van der Waals surface area contributed by atoms with Gasteiger partial charge in [0.2, 0.25) is 5.91 Å². The Morgan fingerprint density at radius 2 is 2.00 bits per heavy atom. The lowest BCUT2D eigenvalue weighted by atomic mass is 9.95. The Balaban J connectivity index is 2.45. The third kappa shape index (κ3) is 2.79. The molecule has 0 atom stereocenters. The van der Waals surface area contributed by atoms with Crippen molar-refractivity contribution in [2.75, 3.05) is 18.5 Å². The lowest BCUT2D eigenvalue weighted by molar-refractivity contribution is -0.114. The molecular weight excluding hydrogens is 226 g/mol. The van der Waals surface area contributed by atoms with Crippen molar-refractivity contribution in [1.82, 2.24) is 0 Å². The second-order valence-electron chi connectivity index (χ2n) is 4.72. The van der Waals surface area contributed by atoms with Gasteiger partial charge in [-0.05, 0) is 49.1 Å². The van der Waals surface area contributed by atoms with E-state index in [1.54, 1.807) is 0 Å². The molecule has 0 fully saturated rings. The molecule has 2 rings (SSSR count). The molecule has 0 radical (unpaired) electrons. The number of hydrogen-bond acceptors (Lipinski definition) is 2. The van der Waals surface area contributed by atoms with Crippen LogP contribution in [0.5, 0.6) is 0 Å². The van der Waals surface area contributed by atoms with E-state index >= 15 is 0 Å². The summed E-state index contributed by atoms with van der Waals surface area (Å²) >= 11 is 0. The monoisotopic (exact) mass is 245 g/mol. The third-order valence-electron chi connectivity index (χ3n) is 3.25. The smallest absolute Gasteiger partial charge is 0.221 e. The predicted molar refractivity (Wildman–Crippen MR) is 73.6 cm³/mol. The van der Waals surface area contributed by atoms with E-state index in [1.807, 2.05) is 6.07 Å². The molecular formula is C15H19NO2. The molecule has 0 aliphatic carbocycles. The van der Waals surface area contributed by atoms with Crippen LogP contribution in [-0.2, 0) is 9.53 Å². The molecule has 0 bridgehead atoms. The van der Waals surface area contributed by atoms with E-state index < -0.39 is 0 Å². The first-order valence-electron chi connectivity index (χ1n) is 6.24. The maximum absolute atomic E-state index is 11.3. The van der Waals surface area contributed by atoms with Gasteiger partial charge >= 0.3 is 0 Å². The van der Waals surface area contributed by atoms with E-state index in [-0.39, 0.29) is 5.91 Å². The van der Waals surface area contributed by atoms with Crippen molar-refractivity contribution in [3.63, 3.8) is 0 Å². The van der Waals surface area contributed by atoms with E-state index in [4.69, 9.17) is 4.74 Å². The molecule has 18 heavy (non-hydrogen) atoms. The van der Waals surface area contributed by atoms with Crippen LogP contribution < -0.4 is 5.32 Å². The molecule has 1 aromatic carbocycles. The standard InChI is InChI=1S/C15H19NO2/c1-10-8-14(13-4-6-18-7-5-13)15(9-11(10)2)16-12(3)17/h4,8-9H,5-7H2,1-3H3,(H,16,17). The van der Waals surface area contributed by atoms with Gasteiger partial charge in [0.1, 0.15) is 0 Å². The number of carbonyl (C=O) groups excluding carboxylic acids is 1. The Morgan fingerprint density at radius 3 is 2.61 bits per heavy atom. The highest BCUT2D eigenvalue weighted by atomic mass is 16.5. The SMILES string of the molecule is CC(=O)Nc1cc(C)c(C)cc1C1=CCOCC1. The maximum atomic E-state index is 11.3. The fraction of sp³-hybridized carbons (Fsp3) is 0.400. The van der Waals surface area contributed by atoms with Crippen LogP contribution in [-0.4, -0.2) is 19.1 Å². The lowest BCUT2D eigenvalue weighted by Crippen LogP contribution is -2.11. The number of aryl methyl sites for hydroxylation is 2. The highest BCUT2D eigenvalue weighted by Crippen LogP contribution is 2.30. The number of anilines is 1. The van der Waals surface area contributed by atoms with Crippen LogP contribution in [0.25, 0.3) is 5.57 Å². The van der Waals surface area contributed by atoms with E-state index in [1.165, 1.54) is 23.6 Å². The zero-order chi connectivity index (χ0) is 13.1. The number of carbonyl (C=O) groups is 1. The van der Waals surface area contributed by atoms with Crippen molar-refractivity contribution in [1.29, 1.82) is 0 Å². The molecule has 0 aromatic heterocycles. The van der Waals surface area contributed by atoms with Crippen molar-refractivity contribution in [2.45, 2.75) is 27.2 Å². The predicted octanol–water partition coefficient (Wildman–Crippen LogP) is 3.07. The Bertz CT molecular complexity index is 503. The van der Waals surface area contributed by atoms with Crippen LogP contribution in [0.2, 0.25) is 0 Å². The second kappa shape index (κ2) is 5.36. The molecule has 1 amide bonds. The third-order valence-corrected chi connectivity index (χ3v) is 3.25. The Kier molecular flexibility index (Phi) is 3.82. The highest BCUT2D eigenvalue weighted by molar-refractivity contribution is 5.93. The van der Waals surface area contributed by atoms with E-state index in [9.17, 15) is 4.79 Å². The summed E-state index contributed by atoms with van der Waals surface area (Å²) in [7, 11) is 0. The molecule has 1 aromatic rings. The molecule has 1 N–H and O–H groups in total. The number of ether oxygens (including phenoxy) is 1. The van der Waals surface area contributed by atoms with E-state index in [0.717, 1.165) is 24.3 Å². The second-order valence-corrected chi connectivity index (χ2v) is 4.72. The first-order chi connectivity index (χ1) is 8.58. The van der Waals surface area contributed by atoms with E-state index in [2.05, 4.69) is 31.3 Å². The molecule has 1 aliphatic rings. The van der Waals surface area contributed by atoms with Crippen LogP contribution in [0.1, 0.15) is 30.0 Å². The summed E-state index contributed by atoms with van der Waals surface area (Å²) in [4.78, 5) is 11.3. The topological polar surface area (TPSA) is 38.3 Å². The highest BCUT2D eigenvalue weighted by Gasteiger charge is 2.13. The summed E-state index contributed by atoms with van der Waals surface area (Å²) in [5.41, 5.74) is 5.71. The minimum absolute atomic E-state index is 0.0350. The quantitative estimate of drug-likeness (QED) is 0.869. The van der Waals surface area contributed by atoms with Crippen molar-refractivity contribution < 1.29 is 9.53 Å². The van der Waals surface area contributed by atoms with Gasteiger partial charge in [0.05, 0.1) is 13.2 Å². The van der Waals surface area contributed by atoms with Gasteiger partial charge in [0, 0.05) is 18.2 Å². The molecule has 0 unspecified atom stereocenters. The van der Waals surface area contributed by atoms with Gasteiger partial charge in [-0.2, -0.15) is 0 Å². The molecule has 0 saturated carbocycles. The summed E-state index contributed by atoms with van der Waals surface area (Å²) in [6, 6.07) is 4.19. The summed E-state index contributed by atoms with van der Waals surface area (Å²) < 4.78 is 5.33. The van der Waals surface area contributed by atoms with Gasteiger partial charge in [-0.3, -0.25) is 4.79 Å². The molecule has 96 valence electrons. The zero-order valence-electron chi connectivity index (χ0n) is 11.2. The van der Waals surface area contributed by atoms with Gasteiger partial charge < -0.3 is 10.1 Å². The number of nitrogens with one attached hydrogen (secondary N) is 1. The molecule has 3 heteroatoms. The molecule has 1 heterocycles. The van der Waals surface area contributed by atoms with Crippen LogP contribution in [0, 0.1) is 13.8 Å². The average molecular weight is 245 g/mol. The zero-order valence-corrected chi connectivity index (χ0v) is 11.2. The first-order valence-corrected chi connectivity index (χ1v) is 6.24. The lowest BCUT2D eigenvalue weighted by Gasteiger charge is -2.19. The minimum atomic E-state index is -0.0350. The molecule has 0 spiro atoms. The van der Waals surface area contributed by atoms with Crippen molar-refractivity contribution in [2.24, 2.45) is 0 Å². The molecule has 0 saturated heterocycles. The Labute approximate surface area is 108 Å². The first kappa shape index (κ1) is 12.8. The molecule has 3 nitrogen and oxygen atoms in total. The number of rotatable bonds is 2. The maximum Gasteiger partial charge on any atom is 0.221 e. The van der Waals surface area contributed by atoms with E-state index in [0.29, 0.717) is 6.61 Å². The fourth-order valence-electron chi connectivity index (χ4n) is 2.15. The van der Waals surface area contributed by atoms with Gasteiger partial charge in [-0.15, -0.1) is 0 Å². The number of hydrogen-bond donors (Lipinski definition) is 1. The Morgan fingerprint density at radius 1 is 1.28 bits per heavy atom. The fourth-order valence-corrected chi connectivity index (χ4v) is 2.15. The van der Waals surface area contributed by atoms with Crippen LogP contribution in [0.3, 0.4) is 0 Å². The summed E-state index contributed by atoms with van der Waals surface area (Å²) in [5, 5.41) is 2.92. The van der Waals surface area contributed by atoms with Crippen LogP contribution in [0.4, 0.5) is 5.69 Å². The Hall–Kier alpha value is -1.61. The normalized spacial score (nSPS) is 15.2. The summed E-state index contributed by atoms with van der Waals surface area (Å²) in [6.07, 6.45) is 2.99. The van der Waals surface area contributed by atoms with Crippen LogP contribution in [0.15, 0.2) is 18.2 Å². The summed E-state index contributed by atoms with van der Waals surface area (Å²) in [6.45, 7) is 7.09. The largest absolute Gasteiger partial charge is 0.377 e. The molecule has 1 aliphatic heterocycles. The van der Waals surface area contributed by atoms with Gasteiger partial charge in [-0.1, -0.05) is 6.08 Å². The van der Waals surface area contributed by atoms with Crippen molar-refractivity contribution in [3.8, 4) is 0 Å².